The molecule has 0 saturated carbocycles. The van der Waals surface area contributed by atoms with Crippen molar-refractivity contribution >= 4 is 0 Å². The molecule has 2 N–H and O–H groups in total. The summed E-state index contributed by atoms with van der Waals surface area (Å²) < 4.78 is 5.68. The highest BCUT2D eigenvalue weighted by Crippen LogP contribution is 2.24. The van der Waals surface area contributed by atoms with Crippen molar-refractivity contribution in [3.05, 3.63) is 0 Å². The lowest BCUT2D eigenvalue weighted by atomic mass is 9.97. The zero-order valence-corrected chi connectivity index (χ0v) is 9.50. The molecule has 0 spiro atoms. The van der Waals surface area contributed by atoms with E-state index in [9.17, 15) is 0 Å². The minimum absolute atomic E-state index is 0.474. The zero-order valence-electron chi connectivity index (χ0n) is 9.50. The second-order valence-electron chi connectivity index (χ2n) is 4.40. The summed E-state index contributed by atoms with van der Waals surface area (Å²) in [6.07, 6.45) is 9.66. The molecule has 0 aromatic rings. The molecule has 1 rings (SSSR count). The first-order chi connectivity index (χ1) is 6.88. The predicted octanol–water partition coefficient (Wildman–Crippen LogP) is 2.71. The first-order valence-electron chi connectivity index (χ1n) is 6.20. The van der Waals surface area contributed by atoms with Gasteiger partial charge in [-0.05, 0) is 25.3 Å². The van der Waals surface area contributed by atoms with Crippen molar-refractivity contribution in [3.8, 4) is 0 Å². The number of hydrogen-bond acceptors (Lipinski definition) is 2. The van der Waals surface area contributed by atoms with E-state index in [1.807, 2.05) is 0 Å². The zero-order chi connectivity index (χ0) is 10.2. The second-order valence-corrected chi connectivity index (χ2v) is 4.40. The van der Waals surface area contributed by atoms with Gasteiger partial charge in [-0.1, -0.05) is 39.0 Å². The van der Waals surface area contributed by atoms with Crippen LogP contribution in [0.25, 0.3) is 0 Å². The Morgan fingerprint density at radius 3 is 2.71 bits per heavy atom. The van der Waals surface area contributed by atoms with Crippen molar-refractivity contribution in [1.29, 1.82) is 0 Å². The van der Waals surface area contributed by atoms with E-state index in [0.717, 1.165) is 13.2 Å². The maximum atomic E-state index is 5.70. The molecule has 2 unspecified atom stereocenters. The van der Waals surface area contributed by atoms with Crippen molar-refractivity contribution in [2.45, 2.75) is 58.0 Å². The fourth-order valence-electron chi connectivity index (χ4n) is 2.23. The lowest BCUT2D eigenvalue weighted by Gasteiger charge is -2.16. The van der Waals surface area contributed by atoms with Crippen molar-refractivity contribution in [2.75, 3.05) is 13.2 Å². The highest BCUT2D eigenvalue weighted by atomic mass is 16.5. The van der Waals surface area contributed by atoms with Gasteiger partial charge in [0.25, 0.3) is 0 Å². The number of nitrogens with two attached hydrogens (primary N) is 1. The quantitative estimate of drug-likeness (QED) is 0.640. The lowest BCUT2D eigenvalue weighted by Crippen LogP contribution is -2.23. The molecule has 1 aliphatic heterocycles. The molecule has 84 valence electrons. The van der Waals surface area contributed by atoms with Crippen LogP contribution in [0.5, 0.6) is 0 Å². The Bertz CT molecular complexity index is 138. The van der Waals surface area contributed by atoms with Crippen molar-refractivity contribution in [2.24, 2.45) is 11.7 Å². The summed E-state index contributed by atoms with van der Waals surface area (Å²) in [4.78, 5) is 0. The van der Waals surface area contributed by atoms with E-state index < -0.39 is 0 Å². The SMILES string of the molecule is CCCCCCCC1OCCC1CN. The van der Waals surface area contributed by atoms with E-state index in [-0.39, 0.29) is 0 Å². The van der Waals surface area contributed by atoms with E-state index in [1.54, 1.807) is 0 Å². The summed E-state index contributed by atoms with van der Waals surface area (Å²) in [6, 6.07) is 0. The first kappa shape index (κ1) is 12.0. The highest BCUT2D eigenvalue weighted by molar-refractivity contribution is 4.76. The van der Waals surface area contributed by atoms with Gasteiger partial charge in [-0.2, -0.15) is 0 Å². The van der Waals surface area contributed by atoms with Crippen LogP contribution in [0, 0.1) is 5.92 Å². The molecule has 0 radical (unpaired) electrons. The van der Waals surface area contributed by atoms with Gasteiger partial charge >= 0.3 is 0 Å². The number of hydrogen-bond donors (Lipinski definition) is 1. The topological polar surface area (TPSA) is 35.2 Å². The van der Waals surface area contributed by atoms with Gasteiger partial charge in [0.05, 0.1) is 6.10 Å². The van der Waals surface area contributed by atoms with Crippen LogP contribution in [0.15, 0.2) is 0 Å². The Kier molecular flexibility index (Phi) is 6.20. The van der Waals surface area contributed by atoms with Crippen molar-refractivity contribution in [1.82, 2.24) is 0 Å². The summed E-state index contributed by atoms with van der Waals surface area (Å²) in [5.74, 6) is 0.640. The van der Waals surface area contributed by atoms with Gasteiger partial charge in [0, 0.05) is 6.61 Å². The van der Waals surface area contributed by atoms with E-state index in [0.29, 0.717) is 12.0 Å². The molecule has 0 amide bonds. The molecule has 1 heterocycles. The fraction of sp³-hybridized carbons (Fsp3) is 1.00. The monoisotopic (exact) mass is 199 g/mol. The number of unbranched alkanes of at least 4 members (excludes halogenated alkanes) is 4. The molecule has 1 fully saturated rings. The van der Waals surface area contributed by atoms with Crippen molar-refractivity contribution in [3.63, 3.8) is 0 Å². The average Bonchev–Trinajstić information content (AvgIpc) is 2.65. The van der Waals surface area contributed by atoms with Gasteiger partial charge in [0.2, 0.25) is 0 Å². The Morgan fingerprint density at radius 1 is 1.21 bits per heavy atom. The standard InChI is InChI=1S/C12H25NO/c1-2-3-4-5-6-7-12-11(10-13)8-9-14-12/h11-12H,2-10,13H2,1H3. The average molecular weight is 199 g/mol. The molecule has 0 aliphatic carbocycles. The number of ether oxygens (including phenoxy) is 1. The van der Waals surface area contributed by atoms with Crippen LogP contribution in [0.2, 0.25) is 0 Å². The van der Waals surface area contributed by atoms with Crippen molar-refractivity contribution < 1.29 is 4.74 Å². The molecule has 14 heavy (non-hydrogen) atoms. The Hall–Kier alpha value is -0.0800. The molecule has 2 atom stereocenters. The van der Waals surface area contributed by atoms with Crippen LogP contribution in [0.1, 0.15) is 51.9 Å². The summed E-state index contributed by atoms with van der Waals surface area (Å²) in [7, 11) is 0. The third kappa shape index (κ3) is 3.97. The fourth-order valence-corrected chi connectivity index (χ4v) is 2.23. The Labute approximate surface area is 88.2 Å². The Morgan fingerprint density at radius 2 is 2.00 bits per heavy atom. The van der Waals surface area contributed by atoms with Gasteiger partial charge in [-0.3, -0.25) is 0 Å². The summed E-state index contributed by atoms with van der Waals surface area (Å²) in [6.45, 7) is 3.99. The highest BCUT2D eigenvalue weighted by Gasteiger charge is 2.25. The molecular formula is C12H25NO. The molecule has 2 nitrogen and oxygen atoms in total. The van der Waals surface area contributed by atoms with Crippen LogP contribution >= 0.6 is 0 Å². The Balaban J connectivity index is 2.00. The van der Waals surface area contributed by atoms with Gasteiger partial charge in [0.15, 0.2) is 0 Å². The minimum atomic E-state index is 0.474. The van der Waals surface area contributed by atoms with E-state index in [4.69, 9.17) is 10.5 Å². The van der Waals surface area contributed by atoms with E-state index in [1.165, 1.54) is 44.9 Å². The molecule has 0 bridgehead atoms. The number of rotatable bonds is 7. The van der Waals surface area contributed by atoms with Crippen LogP contribution in [0.4, 0.5) is 0 Å². The molecule has 1 saturated heterocycles. The minimum Gasteiger partial charge on any atom is -0.378 e. The third-order valence-electron chi connectivity index (χ3n) is 3.24. The summed E-state index contributed by atoms with van der Waals surface area (Å²) in [5.41, 5.74) is 5.70. The first-order valence-corrected chi connectivity index (χ1v) is 6.20. The molecule has 1 aliphatic rings. The largest absolute Gasteiger partial charge is 0.378 e. The van der Waals surface area contributed by atoms with Crippen LogP contribution < -0.4 is 5.73 Å². The van der Waals surface area contributed by atoms with Crippen LogP contribution in [-0.2, 0) is 4.74 Å². The second kappa shape index (κ2) is 7.24. The predicted molar refractivity (Wildman–Crippen MR) is 60.3 cm³/mol. The maximum Gasteiger partial charge on any atom is 0.0616 e. The summed E-state index contributed by atoms with van der Waals surface area (Å²) in [5, 5.41) is 0. The smallest absolute Gasteiger partial charge is 0.0616 e. The van der Waals surface area contributed by atoms with Gasteiger partial charge in [-0.25, -0.2) is 0 Å². The van der Waals surface area contributed by atoms with Gasteiger partial charge in [-0.15, -0.1) is 0 Å². The van der Waals surface area contributed by atoms with Crippen LogP contribution in [0.3, 0.4) is 0 Å². The maximum absolute atomic E-state index is 5.70. The van der Waals surface area contributed by atoms with Crippen LogP contribution in [-0.4, -0.2) is 19.3 Å². The molecule has 0 aromatic heterocycles. The molecular weight excluding hydrogens is 174 g/mol. The molecule has 2 heteroatoms. The normalized spacial score (nSPS) is 27.0. The van der Waals surface area contributed by atoms with E-state index in [2.05, 4.69) is 6.92 Å². The van der Waals surface area contributed by atoms with Gasteiger partial charge < -0.3 is 10.5 Å². The van der Waals surface area contributed by atoms with Gasteiger partial charge in [0.1, 0.15) is 0 Å². The van der Waals surface area contributed by atoms with E-state index >= 15 is 0 Å². The third-order valence-corrected chi connectivity index (χ3v) is 3.24. The summed E-state index contributed by atoms with van der Waals surface area (Å²) >= 11 is 0. The lowest BCUT2D eigenvalue weighted by molar-refractivity contribution is 0.0827. The molecule has 0 aromatic carbocycles.